The second kappa shape index (κ2) is 5.08. The molecule has 0 aliphatic heterocycles. The maximum atomic E-state index is 12.1. The van der Waals surface area contributed by atoms with E-state index in [0.717, 1.165) is 5.69 Å². The minimum atomic E-state index is -0.0382. The van der Waals surface area contributed by atoms with Gasteiger partial charge in [-0.25, -0.2) is 4.98 Å². The molecule has 2 aromatic rings. The normalized spacial score (nSPS) is 10.6. The van der Waals surface area contributed by atoms with Crippen LogP contribution in [-0.2, 0) is 6.54 Å². The monoisotopic (exact) mass is 248 g/mol. The summed E-state index contributed by atoms with van der Waals surface area (Å²) in [7, 11) is 0. The molecule has 0 spiro atoms. The standard InChI is InChI=1S/C11H12N4OS/c1-3-4-12-5-6-15-7-13-10-9(11(15)16)8(2)14-17-10/h1,7,12H,4-6H2,2H3. The third kappa shape index (κ3) is 2.35. The van der Waals surface area contributed by atoms with Crippen molar-refractivity contribution < 1.29 is 0 Å². The first kappa shape index (κ1) is 11.8. The Kier molecular flexibility index (Phi) is 3.52. The van der Waals surface area contributed by atoms with E-state index in [1.165, 1.54) is 11.5 Å². The molecule has 6 heteroatoms. The maximum absolute atomic E-state index is 12.1. The summed E-state index contributed by atoms with van der Waals surface area (Å²) in [6, 6.07) is 0. The molecular weight excluding hydrogens is 236 g/mol. The number of nitrogens with zero attached hydrogens (tertiary/aromatic N) is 3. The van der Waals surface area contributed by atoms with Crippen LogP contribution in [0.1, 0.15) is 5.69 Å². The number of fused-ring (bicyclic) bond motifs is 1. The Bertz CT molecular complexity index is 622. The summed E-state index contributed by atoms with van der Waals surface area (Å²) in [5.74, 6) is 2.48. The van der Waals surface area contributed by atoms with Crippen molar-refractivity contribution in [1.29, 1.82) is 0 Å². The van der Waals surface area contributed by atoms with Crippen molar-refractivity contribution >= 4 is 21.7 Å². The number of aromatic nitrogens is 3. The Morgan fingerprint density at radius 2 is 2.47 bits per heavy atom. The molecule has 0 aromatic carbocycles. The van der Waals surface area contributed by atoms with Crippen LogP contribution in [0.2, 0.25) is 0 Å². The second-order valence-corrected chi connectivity index (χ2v) is 4.32. The Morgan fingerprint density at radius 1 is 1.65 bits per heavy atom. The van der Waals surface area contributed by atoms with Gasteiger partial charge in [0.1, 0.15) is 0 Å². The van der Waals surface area contributed by atoms with Crippen molar-refractivity contribution in [2.24, 2.45) is 0 Å². The molecule has 2 heterocycles. The molecule has 5 nitrogen and oxygen atoms in total. The summed E-state index contributed by atoms with van der Waals surface area (Å²) in [4.78, 5) is 17.0. The van der Waals surface area contributed by atoms with E-state index in [1.54, 1.807) is 10.9 Å². The molecule has 0 amide bonds. The fraction of sp³-hybridized carbons (Fsp3) is 0.364. The predicted octanol–water partition coefficient (Wildman–Crippen LogP) is 0.384. The zero-order valence-electron chi connectivity index (χ0n) is 9.43. The van der Waals surface area contributed by atoms with Crippen molar-refractivity contribution in [3.8, 4) is 12.3 Å². The van der Waals surface area contributed by atoms with Crippen molar-refractivity contribution in [1.82, 2.24) is 19.2 Å². The first-order valence-electron chi connectivity index (χ1n) is 5.19. The Morgan fingerprint density at radius 3 is 3.24 bits per heavy atom. The van der Waals surface area contributed by atoms with Crippen LogP contribution < -0.4 is 10.9 Å². The topological polar surface area (TPSA) is 59.8 Å². The lowest BCUT2D eigenvalue weighted by Crippen LogP contribution is -2.27. The van der Waals surface area contributed by atoms with Gasteiger partial charge in [0, 0.05) is 13.1 Å². The quantitative estimate of drug-likeness (QED) is 0.628. The number of aryl methyl sites for hydroxylation is 1. The smallest absolute Gasteiger partial charge is 0.264 e. The molecule has 2 aromatic heterocycles. The van der Waals surface area contributed by atoms with E-state index in [0.29, 0.717) is 29.9 Å². The summed E-state index contributed by atoms with van der Waals surface area (Å²) in [5.41, 5.74) is 0.706. The Balaban J connectivity index is 2.24. The van der Waals surface area contributed by atoms with E-state index in [-0.39, 0.29) is 5.56 Å². The summed E-state index contributed by atoms with van der Waals surface area (Å²) < 4.78 is 5.71. The van der Waals surface area contributed by atoms with Gasteiger partial charge in [-0.3, -0.25) is 9.36 Å². The van der Waals surface area contributed by atoms with E-state index < -0.39 is 0 Å². The molecule has 17 heavy (non-hydrogen) atoms. The van der Waals surface area contributed by atoms with Crippen molar-refractivity contribution in [3.05, 3.63) is 22.4 Å². The van der Waals surface area contributed by atoms with E-state index in [4.69, 9.17) is 6.42 Å². The highest BCUT2D eigenvalue weighted by molar-refractivity contribution is 7.12. The SMILES string of the molecule is C#CCNCCn1cnc2snc(C)c2c1=O. The molecule has 0 fully saturated rings. The molecule has 0 aliphatic rings. The molecule has 0 saturated carbocycles. The van der Waals surface area contributed by atoms with Crippen LogP contribution in [-0.4, -0.2) is 27.0 Å². The van der Waals surface area contributed by atoms with E-state index >= 15 is 0 Å². The van der Waals surface area contributed by atoms with Crippen molar-refractivity contribution in [3.63, 3.8) is 0 Å². The summed E-state index contributed by atoms with van der Waals surface area (Å²) in [6.07, 6.45) is 6.67. The van der Waals surface area contributed by atoms with E-state index in [9.17, 15) is 4.79 Å². The highest BCUT2D eigenvalue weighted by Gasteiger charge is 2.09. The van der Waals surface area contributed by atoms with Gasteiger partial charge in [-0.1, -0.05) is 5.92 Å². The summed E-state index contributed by atoms with van der Waals surface area (Å²) in [5, 5.41) is 3.65. The predicted molar refractivity (Wildman–Crippen MR) is 68.1 cm³/mol. The van der Waals surface area contributed by atoms with Gasteiger partial charge < -0.3 is 5.32 Å². The van der Waals surface area contributed by atoms with Gasteiger partial charge >= 0.3 is 0 Å². The van der Waals surface area contributed by atoms with Gasteiger partial charge in [0.2, 0.25) is 0 Å². The zero-order chi connectivity index (χ0) is 12.3. The highest BCUT2D eigenvalue weighted by atomic mass is 32.1. The molecule has 0 unspecified atom stereocenters. The van der Waals surface area contributed by atoms with Gasteiger partial charge in [-0.2, -0.15) is 4.37 Å². The van der Waals surface area contributed by atoms with Crippen molar-refractivity contribution in [2.75, 3.05) is 13.1 Å². The molecule has 0 atom stereocenters. The first-order valence-corrected chi connectivity index (χ1v) is 5.97. The molecule has 0 radical (unpaired) electrons. The third-order valence-corrected chi connectivity index (χ3v) is 3.24. The Hall–Kier alpha value is -1.71. The number of nitrogens with one attached hydrogen (secondary N) is 1. The lowest BCUT2D eigenvalue weighted by Gasteiger charge is -2.04. The van der Waals surface area contributed by atoms with Gasteiger partial charge in [0.25, 0.3) is 5.56 Å². The van der Waals surface area contributed by atoms with Gasteiger partial charge in [-0.15, -0.1) is 6.42 Å². The van der Waals surface area contributed by atoms with Crippen LogP contribution in [0.15, 0.2) is 11.1 Å². The summed E-state index contributed by atoms with van der Waals surface area (Å²) in [6.45, 7) is 3.53. The van der Waals surface area contributed by atoms with Crippen LogP contribution in [0, 0.1) is 19.3 Å². The Labute approximate surface area is 103 Å². The van der Waals surface area contributed by atoms with Crippen LogP contribution in [0.25, 0.3) is 10.2 Å². The molecule has 2 rings (SSSR count). The molecule has 0 aliphatic carbocycles. The molecule has 88 valence electrons. The molecule has 1 N–H and O–H groups in total. The van der Waals surface area contributed by atoms with Crippen LogP contribution in [0.5, 0.6) is 0 Å². The van der Waals surface area contributed by atoms with Gasteiger partial charge in [0.15, 0.2) is 4.83 Å². The lowest BCUT2D eigenvalue weighted by atomic mass is 10.3. The third-order valence-electron chi connectivity index (χ3n) is 2.39. The van der Waals surface area contributed by atoms with E-state index in [2.05, 4.69) is 20.6 Å². The summed E-state index contributed by atoms with van der Waals surface area (Å²) >= 11 is 1.25. The average Bonchev–Trinajstić information content (AvgIpc) is 2.70. The maximum Gasteiger partial charge on any atom is 0.264 e. The van der Waals surface area contributed by atoms with E-state index in [1.807, 2.05) is 6.92 Å². The highest BCUT2D eigenvalue weighted by Crippen LogP contribution is 2.14. The molecular formula is C11H12N4OS. The average molecular weight is 248 g/mol. The lowest BCUT2D eigenvalue weighted by molar-refractivity contribution is 0.608. The van der Waals surface area contributed by atoms with Crippen molar-refractivity contribution in [2.45, 2.75) is 13.5 Å². The number of hydrogen-bond acceptors (Lipinski definition) is 5. The number of hydrogen-bond donors (Lipinski definition) is 1. The van der Waals surface area contributed by atoms with Gasteiger partial charge in [-0.05, 0) is 18.5 Å². The molecule has 0 saturated heterocycles. The fourth-order valence-electron chi connectivity index (χ4n) is 1.53. The number of rotatable bonds is 4. The largest absolute Gasteiger partial charge is 0.304 e. The van der Waals surface area contributed by atoms with Crippen LogP contribution >= 0.6 is 11.5 Å². The van der Waals surface area contributed by atoms with Crippen LogP contribution in [0.4, 0.5) is 0 Å². The minimum absolute atomic E-state index is 0.0382. The van der Waals surface area contributed by atoms with Crippen LogP contribution in [0.3, 0.4) is 0 Å². The first-order chi connectivity index (χ1) is 8.24. The second-order valence-electron chi connectivity index (χ2n) is 3.57. The zero-order valence-corrected chi connectivity index (χ0v) is 10.3. The minimum Gasteiger partial charge on any atom is -0.304 e. The number of terminal acetylenes is 1. The van der Waals surface area contributed by atoms with Gasteiger partial charge in [0.05, 0.1) is 24.0 Å². The molecule has 0 bridgehead atoms. The fourth-order valence-corrected chi connectivity index (χ4v) is 2.26.